The quantitative estimate of drug-likeness (QED) is 0.823. The lowest BCUT2D eigenvalue weighted by Gasteiger charge is -2.09. The third kappa shape index (κ3) is 6.45. The van der Waals surface area contributed by atoms with Gasteiger partial charge in [0.2, 0.25) is 5.91 Å². The molecule has 0 aromatic heterocycles. The molecule has 0 fully saturated rings. The van der Waals surface area contributed by atoms with Gasteiger partial charge in [-0.05, 0) is 30.2 Å². The molecule has 104 valence electrons. The molecule has 0 aliphatic heterocycles. The van der Waals surface area contributed by atoms with Crippen molar-refractivity contribution in [3.63, 3.8) is 0 Å². The smallest absolute Gasteiger partial charge is 0.257 e. The molecule has 19 heavy (non-hydrogen) atoms. The number of rotatable bonds is 6. The SMILES string of the molecule is CC(=O)Nc1ccc(OCC(=O)NCC(C)C)cc1. The van der Waals surface area contributed by atoms with Gasteiger partial charge in [0.25, 0.3) is 5.91 Å². The number of carbonyl (C=O) groups is 2. The highest BCUT2D eigenvalue weighted by molar-refractivity contribution is 5.88. The van der Waals surface area contributed by atoms with Crippen molar-refractivity contribution in [3.8, 4) is 5.75 Å². The minimum atomic E-state index is -0.139. The second-order valence-electron chi connectivity index (χ2n) is 4.69. The zero-order valence-electron chi connectivity index (χ0n) is 11.5. The standard InChI is InChI=1S/C14H20N2O3/c1-10(2)8-15-14(18)9-19-13-6-4-12(5-7-13)16-11(3)17/h4-7,10H,8-9H2,1-3H3,(H,15,18)(H,16,17). The molecule has 2 amide bonds. The van der Waals surface area contributed by atoms with Gasteiger partial charge in [0, 0.05) is 19.2 Å². The maximum atomic E-state index is 11.4. The molecule has 0 bridgehead atoms. The summed E-state index contributed by atoms with van der Waals surface area (Å²) in [6.07, 6.45) is 0. The maximum Gasteiger partial charge on any atom is 0.257 e. The van der Waals surface area contributed by atoms with Crippen LogP contribution >= 0.6 is 0 Å². The third-order valence-electron chi connectivity index (χ3n) is 2.25. The summed E-state index contributed by atoms with van der Waals surface area (Å²) in [7, 11) is 0. The van der Waals surface area contributed by atoms with Crippen LogP contribution in [0.3, 0.4) is 0 Å². The van der Waals surface area contributed by atoms with E-state index in [1.807, 2.05) is 13.8 Å². The van der Waals surface area contributed by atoms with Gasteiger partial charge in [-0.3, -0.25) is 9.59 Å². The van der Waals surface area contributed by atoms with E-state index >= 15 is 0 Å². The molecule has 1 aromatic carbocycles. The van der Waals surface area contributed by atoms with Gasteiger partial charge in [-0.1, -0.05) is 13.8 Å². The van der Waals surface area contributed by atoms with Gasteiger partial charge in [-0.25, -0.2) is 0 Å². The van der Waals surface area contributed by atoms with Crippen LogP contribution in [0.2, 0.25) is 0 Å². The molecule has 1 rings (SSSR count). The molecular formula is C14H20N2O3. The first-order chi connectivity index (χ1) is 8.97. The normalized spacial score (nSPS) is 10.1. The van der Waals surface area contributed by atoms with E-state index < -0.39 is 0 Å². The zero-order chi connectivity index (χ0) is 14.3. The molecule has 0 heterocycles. The molecule has 0 aliphatic carbocycles. The van der Waals surface area contributed by atoms with Crippen LogP contribution in [-0.2, 0) is 9.59 Å². The minimum absolute atomic E-state index is 0.00773. The Morgan fingerprint density at radius 2 is 1.84 bits per heavy atom. The van der Waals surface area contributed by atoms with Crippen LogP contribution in [0.15, 0.2) is 24.3 Å². The van der Waals surface area contributed by atoms with Crippen LogP contribution in [0, 0.1) is 5.92 Å². The second kappa shape index (κ2) is 7.41. The number of amides is 2. The molecule has 0 saturated heterocycles. The van der Waals surface area contributed by atoms with Crippen LogP contribution in [0.4, 0.5) is 5.69 Å². The molecule has 0 aliphatic rings. The number of ether oxygens (including phenoxy) is 1. The molecular weight excluding hydrogens is 244 g/mol. The van der Waals surface area contributed by atoms with Gasteiger partial charge < -0.3 is 15.4 Å². The first-order valence-electron chi connectivity index (χ1n) is 6.24. The fourth-order valence-corrected chi connectivity index (χ4v) is 1.36. The monoisotopic (exact) mass is 264 g/mol. The van der Waals surface area contributed by atoms with Crippen molar-refractivity contribution in [3.05, 3.63) is 24.3 Å². The Bertz CT molecular complexity index is 427. The Labute approximate surface area is 113 Å². The second-order valence-corrected chi connectivity index (χ2v) is 4.69. The Balaban J connectivity index is 2.37. The van der Waals surface area contributed by atoms with E-state index in [4.69, 9.17) is 4.74 Å². The number of benzene rings is 1. The number of anilines is 1. The predicted molar refractivity (Wildman–Crippen MR) is 74.1 cm³/mol. The van der Waals surface area contributed by atoms with Crippen molar-refractivity contribution in [2.75, 3.05) is 18.5 Å². The summed E-state index contributed by atoms with van der Waals surface area (Å²) in [5.41, 5.74) is 0.698. The summed E-state index contributed by atoms with van der Waals surface area (Å²) in [6, 6.07) is 6.87. The zero-order valence-corrected chi connectivity index (χ0v) is 11.5. The molecule has 5 nitrogen and oxygen atoms in total. The molecule has 0 radical (unpaired) electrons. The van der Waals surface area contributed by atoms with Crippen molar-refractivity contribution in [1.82, 2.24) is 5.32 Å². The lowest BCUT2D eigenvalue weighted by atomic mass is 10.2. The summed E-state index contributed by atoms with van der Waals surface area (Å²) >= 11 is 0. The van der Waals surface area contributed by atoms with Gasteiger partial charge in [-0.2, -0.15) is 0 Å². The lowest BCUT2D eigenvalue weighted by molar-refractivity contribution is -0.123. The highest BCUT2D eigenvalue weighted by Gasteiger charge is 2.03. The minimum Gasteiger partial charge on any atom is -0.484 e. The average Bonchev–Trinajstić information content (AvgIpc) is 2.35. The number of hydrogen-bond donors (Lipinski definition) is 2. The van der Waals surface area contributed by atoms with E-state index in [1.165, 1.54) is 6.92 Å². The van der Waals surface area contributed by atoms with E-state index in [2.05, 4.69) is 10.6 Å². The fraction of sp³-hybridized carbons (Fsp3) is 0.429. The molecule has 2 N–H and O–H groups in total. The Morgan fingerprint density at radius 1 is 1.21 bits per heavy atom. The summed E-state index contributed by atoms with van der Waals surface area (Å²) in [5, 5.41) is 5.42. The third-order valence-corrected chi connectivity index (χ3v) is 2.25. The van der Waals surface area contributed by atoms with Gasteiger partial charge in [0.05, 0.1) is 0 Å². The van der Waals surface area contributed by atoms with Crippen molar-refractivity contribution in [1.29, 1.82) is 0 Å². The molecule has 1 aromatic rings. The van der Waals surface area contributed by atoms with E-state index in [-0.39, 0.29) is 18.4 Å². The summed E-state index contributed by atoms with van der Waals surface area (Å²) in [6.45, 7) is 6.14. The lowest BCUT2D eigenvalue weighted by Crippen LogP contribution is -2.31. The van der Waals surface area contributed by atoms with Crippen LogP contribution in [0.1, 0.15) is 20.8 Å². The van der Waals surface area contributed by atoms with Crippen LogP contribution in [-0.4, -0.2) is 25.0 Å². The Hall–Kier alpha value is -2.04. The van der Waals surface area contributed by atoms with E-state index in [1.54, 1.807) is 24.3 Å². The topological polar surface area (TPSA) is 67.4 Å². The summed E-state index contributed by atoms with van der Waals surface area (Å²) in [5.74, 6) is 0.746. The first kappa shape index (κ1) is 15.0. The van der Waals surface area contributed by atoms with Crippen molar-refractivity contribution >= 4 is 17.5 Å². The van der Waals surface area contributed by atoms with Crippen molar-refractivity contribution < 1.29 is 14.3 Å². The number of carbonyl (C=O) groups excluding carboxylic acids is 2. The molecule has 0 unspecified atom stereocenters. The molecule has 0 spiro atoms. The summed E-state index contributed by atoms with van der Waals surface area (Å²) < 4.78 is 5.34. The van der Waals surface area contributed by atoms with Gasteiger partial charge in [0.1, 0.15) is 5.75 Å². The van der Waals surface area contributed by atoms with Crippen LogP contribution < -0.4 is 15.4 Å². The van der Waals surface area contributed by atoms with Gasteiger partial charge in [-0.15, -0.1) is 0 Å². The number of hydrogen-bond acceptors (Lipinski definition) is 3. The average molecular weight is 264 g/mol. The van der Waals surface area contributed by atoms with E-state index in [0.717, 1.165) is 0 Å². The molecule has 0 saturated carbocycles. The highest BCUT2D eigenvalue weighted by Crippen LogP contribution is 2.15. The summed E-state index contributed by atoms with van der Waals surface area (Å²) in [4.78, 5) is 22.3. The molecule has 5 heteroatoms. The highest BCUT2D eigenvalue weighted by atomic mass is 16.5. The fourth-order valence-electron chi connectivity index (χ4n) is 1.36. The van der Waals surface area contributed by atoms with E-state index in [9.17, 15) is 9.59 Å². The van der Waals surface area contributed by atoms with Crippen molar-refractivity contribution in [2.45, 2.75) is 20.8 Å². The maximum absolute atomic E-state index is 11.4. The first-order valence-corrected chi connectivity index (χ1v) is 6.24. The predicted octanol–water partition coefficient (Wildman–Crippen LogP) is 1.80. The van der Waals surface area contributed by atoms with Crippen LogP contribution in [0.5, 0.6) is 5.75 Å². The van der Waals surface area contributed by atoms with Crippen LogP contribution in [0.25, 0.3) is 0 Å². The van der Waals surface area contributed by atoms with Gasteiger partial charge in [0.15, 0.2) is 6.61 Å². The van der Waals surface area contributed by atoms with Crippen molar-refractivity contribution in [2.24, 2.45) is 5.92 Å². The van der Waals surface area contributed by atoms with Gasteiger partial charge >= 0.3 is 0 Å². The Kier molecular flexibility index (Phi) is 5.85. The van der Waals surface area contributed by atoms with E-state index in [0.29, 0.717) is 23.9 Å². The Morgan fingerprint density at radius 3 is 2.37 bits per heavy atom. The number of nitrogens with one attached hydrogen (secondary N) is 2. The molecule has 0 atom stereocenters. The largest absolute Gasteiger partial charge is 0.484 e.